The number of hydrogen-bond acceptors (Lipinski definition) is 6. The summed E-state index contributed by atoms with van der Waals surface area (Å²) in [6.45, 7) is 0. The van der Waals surface area contributed by atoms with Crippen molar-refractivity contribution in [3.05, 3.63) is 12.2 Å². The monoisotopic (exact) mass is 262 g/mol. The zero-order valence-electron chi connectivity index (χ0n) is 11.0. The van der Waals surface area contributed by atoms with Crippen molar-refractivity contribution in [2.75, 3.05) is 7.05 Å². The SMILES string of the molecule is CNC1(Cc2nc(-c3ncn[nH]3)no2)CCCCC1. The molecule has 102 valence electrons. The molecule has 2 aromatic heterocycles. The topological polar surface area (TPSA) is 92.5 Å². The van der Waals surface area contributed by atoms with E-state index in [1.165, 1.54) is 25.6 Å². The predicted octanol–water partition coefficient (Wildman–Crippen LogP) is 1.32. The minimum Gasteiger partial charge on any atom is -0.339 e. The van der Waals surface area contributed by atoms with E-state index in [1.807, 2.05) is 7.05 Å². The van der Waals surface area contributed by atoms with Crippen LogP contribution in [-0.4, -0.2) is 37.9 Å². The number of aromatic nitrogens is 5. The summed E-state index contributed by atoms with van der Waals surface area (Å²) in [5.74, 6) is 1.66. The summed E-state index contributed by atoms with van der Waals surface area (Å²) in [5, 5.41) is 13.9. The maximum absolute atomic E-state index is 5.33. The summed E-state index contributed by atoms with van der Waals surface area (Å²) >= 11 is 0. The van der Waals surface area contributed by atoms with Crippen molar-refractivity contribution in [1.82, 2.24) is 30.6 Å². The quantitative estimate of drug-likeness (QED) is 0.863. The van der Waals surface area contributed by atoms with Crippen LogP contribution in [0.3, 0.4) is 0 Å². The van der Waals surface area contributed by atoms with Gasteiger partial charge in [0.15, 0.2) is 5.82 Å². The van der Waals surface area contributed by atoms with E-state index in [9.17, 15) is 0 Å². The van der Waals surface area contributed by atoms with Gasteiger partial charge in [-0.1, -0.05) is 24.4 Å². The molecule has 0 spiro atoms. The number of rotatable bonds is 4. The summed E-state index contributed by atoms with van der Waals surface area (Å²) in [6.07, 6.45) is 8.34. The third-order valence-corrected chi connectivity index (χ3v) is 3.93. The van der Waals surface area contributed by atoms with Gasteiger partial charge in [0.05, 0.1) is 0 Å². The minimum atomic E-state index is 0.101. The zero-order chi connectivity index (χ0) is 13.1. The highest BCUT2D eigenvalue weighted by molar-refractivity contribution is 5.39. The number of hydrogen-bond donors (Lipinski definition) is 2. The lowest BCUT2D eigenvalue weighted by atomic mass is 9.79. The molecule has 0 bridgehead atoms. The van der Waals surface area contributed by atoms with E-state index in [-0.39, 0.29) is 5.54 Å². The Morgan fingerprint density at radius 2 is 2.21 bits per heavy atom. The van der Waals surface area contributed by atoms with Crippen LogP contribution in [0.4, 0.5) is 0 Å². The Hall–Kier alpha value is -1.76. The Morgan fingerprint density at radius 1 is 1.37 bits per heavy atom. The predicted molar refractivity (Wildman–Crippen MR) is 68.3 cm³/mol. The second-order valence-electron chi connectivity index (χ2n) is 5.11. The first-order valence-corrected chi connectivity index (χ1v) is 6.69. The van der Waals surface area contributed by atoms with E-state index in [0.29, 0.717) is 17.5 Å². The van der Waals surface area contributed by atoms with Crippen LogP contribution >= 0.6 is 0 Å². The molecule has 0 amide bonds. The number of nitrogens with one attached hydrogen (secondary N) is 2. The highest BCUT2D eigenvalue weighted by atomic mass is 16.5. The molecule has 0 aromatic carbocycles. The summed E-state index contributed by atoms with van der Waals surface area (Å²) in [5.41, 5.74) is 0.101. The van der Waals surface area contributed by atoms with Crippen molar-refractivity contribution < 1.29 is 4.52 Å². The first-order valence-electron chi connectivity index (χ1n) is 6.69. The molecule has 1 aliphatic rings. The van der Waals surface area contributed by atoms with Gasteiger partial charge in [0.1, 0.15) is 6.33 Å². The van der Waals surface area contributed by atoms with Crippen LogP contribution in [0.25, 0.3) is 11.6 Å². The van der Waals surface area contributed by atoms with Crippen molar-refractivity contribution in [2.45, 2.75) is 44.1 Å². The molecule has 1 aliphatic carbocycles. The van der Waals surface area contributed by atoms with Crippen molar-refractivity contribution >= 4 is 0 Å². The first-order chi connectivity index (χ1) is 9.31. The molecule has 2 heterocycles. The van der Waals surface area contributed by atoms with E-state index >= 15 is 0 Å². The summed E-state index contributed by atoms with van der Waals surface area (Å²) < 4.78 is 5.33. The number of nitrogens with zero attached hydrogens (tertiary/aromatic N) is 4. The van der Waals surface area contributed by atoms with Crippen LogP contribution in [0.5, 0.6) is 0 Å². The Morgan fingerprint density at radius 3 is 2.89 bits per heavy atom. The van der Waals surface area contributed by atoms with Gasteiger partial charge in [0.2, 0.25) is 11.7 Å². The van der Waals surface area contributed by atoms with Gasteiger partial charge in [-0.25, -0.2) is 4.98 Å². The molecule has 2 N–H and O–H groups in total. The first kappa shape index (κ1) is 12.3. The summed E-state index contributed by atoms with van der Waals surface area (Å²) in [6, 6.07) is 0. The molecule has 0 saturated heterocycles. The molecule has 7 nitrogen and oxygen atoms in total. The van der Waals surface area contributed by atoms with Crippen LogP contribution in [0.15, 0.2) is 10.9 Å². The lowest BCUT2D eigenvalue weighted by Gasteiger charge is -2.36. The van der Waals surface area contributed by atoms with Crippen molar-refractivity contribution in [3.63, 3.8) is 0 Å². The van der Waals surface area contributed by atoms with E-state index in [0.717, 1.165) is 19.3 Å². The normalized spacial score (nSPS) is 18.6. The third-order valence-electron chi connectivity index (χ3n) is 3.93. The maximum Gasteiger partial charge on any atom is 0.239 e. The standard InChI is InChI=1S/C12H18N6O/c1-13-12(5-3-2-4-6-12)7-9-16-11(18-19-9)10-14-8-15-17-10/h8,13H,2-7H2,1H3,(H,14,15,17). The summed E-state index contributed by atoms with van der Waals surface area (Å²) in [4.78, 5) is 8.41. The fraction of sp³-hybridized carbons (Fsp3) is 0.667. The van der Waals surface area contributed by atoms with Crippen LogP contribution < -0.4 is 5.32 Å². The molecular weight excluding hydrogens is 244 g/mol. The highest BCUT2D eigenvalue weighted by Crippen LogP contribution is 2.30. The molecule has 2 aromatic rings. The fourth-order valence-electron chi connectivity index (χ4n) is 2.77. The average Bonchev–Trinajstić information content (AvgIpc) is 3.10. The molecule has 0 radical (unpaired) electrons. The van der Waals surface area contributed by atoms with Gasteiger partial charge in [-0.05, 0) is 19.9 Å². The maximum atomic E-state index is 5.33. The van der Waals surface area contributed by atoms with Crippen LogP contribution in [0.1, 0.15) is 38.0 Å². The lowest BCUT2D eigenvalue weighted by Crippen LogP contribution is -2.46. The Kier molecular flexibility index (Phi) is 3.29. The van der Waals surface area contributed by atoms with Gasteiger partial charge >= 0.3 is 0 Å². The second kappa shape index (κ2) is 5.08. The molecule has 0 aliphatic heterocycles. The Bertz CT molecular complexity index is 514. The molecule has 1 saturated carbocycles. The van der Waals surface area contributed by atoms with Gasteiger partial charge in [-0.3, -0.25) is 5.10 Å². The molecule has 19 heavy (non-hydrogen) atoms. The summed E-state index contributed by atoms with van der Waals surface area (Å²) in [7, 11) is 2.01. The smallest absolute Gasteiger partial charge is 0.239 e. The van der Waals surface area contributed by atoms with Gasteiger partial charge in [0, 0.05) is 12.0 Å². The van der Waals surface area contributed by atoms with Crippen molar-refractivity contribution in [3.8, 4) is 11.6 Å². The minimum absolute atomic E-state index is 0.101. The highest BCUT2D eigenvalue weighted by Gasteiger charge is 2.32. The van der Waals surface area contributed by atoms with E-state index in [2.05, 4.69) is 30.6 Å². The van der Waals surface area contributed by atoms with Crippen LogP contribution in [0.2, 0.25) is 0 Å². The third kappa shape index (κ3) is 2.51. The second-order valence-corrected chi connectivity index (χ2v) is 5.11. The molecule has 0 atom stereocenters. The van der Waals surface area contributed by atoms with Crippen molar-refractivity contribution in [2.24, 2.45) is 0 Å². The van der Waals surface area contributed by atoms with Gasteiger partial charge < -0.3 is 9.84 Å². The number of H-pyrrole nitrogens is 1. The largest absolute Gasteiger partial charge is 0.339 e. The lowest BCUT2D eigenvalue weighted by molar-refractivity contribution is 0.221. The van der Waals surface area contributed by atoms with Gasteiger partial charge in [-0.15, -0.1) is 0 Å². The van der Waals surface area contributed by atoms with Crippen LogP contribution in [0, 0.1) is 0 Å². The van der Waals surface area contributed by atoms with Gasteiger partial charge in [-0.2, -0.15) is 10.1 Å². The van der Waals surface area contributed by atoms with E-state index in [1.54, 1.807) is 0 Å². The zero-order valence-corrected chi connectivity index (χ0v) is 11.0. The molecule has 0 unspecified atom stereocenters. The molecular formula is C12H18N6O. The van der Waals surface area contributed by atoms with E-state index in [4.69, 9.17) is 4.52 Å². The Balaban J connectivity index is 1.76. The molecule has 7 heteroatoms. The van der Waals surface area contributed by atoms with Crippen molar-refractivity contribution in [1.29, 1.82) is 0 Å². The molecule has 1 fully saturated rings. The van der Waals surface area contributed by atoms with E-state index < -0.39 is 0 Å². The number of likely N-dealkylation sites (N-methyl/N-ethyl adjacent to an activating group) is 1. The van der Waals surface area contributed by atoms with Gasteiger partial charge in [0.25, 0.3) is 0 Å². The Labute approximate surface area is 111 Å². The average molecular weight is 262 g/mol. The van der Waals surface area contributed by atoms with Crippen LogP contribution in [-0.2, 0) is 6.42 Å². The number of aromatic amines is 1. The molecule has 3 rings (SSSR count). The fourth-order valence-corrected chi connectivity index (χ4v) is 2.77.